The van der Waals surface area contributed by atoms with Gasteiger partial charge in [-0.25, -0.2) is 4.79 Å². The van der Waals surface area contributed by atoms with Gasteiger partial charge in [0.1, 0.15) is 0 Å². The molecule has 3 N–H and O–H groups in total. The van der Waals surface area contributed by atoms with Crippen LogP contribution in [-0.2, 0) is 7.05 Å². The third-order valence-electron chi connectivity index (χ3n) is 3.85. The lowest BCUT2D eigenvalue weighted by atomic mass is 9.89. The van der Waals surface area contributed by atoms with Crippen molar-refractivity contribution in [2.45, 2.75) is 45.8 Å². The number of amides is 2. The van der Waals surface area contributed by atoms with E-state index in [1.165, 1.54) is 0 Å². The molecule has 3 atom stereocenters. The molecule has 0 aromatic carbocycles. The molecule has 0 aliphatic carbocycles. The lowest BCUT2D eigenvalue weighted by molar-refractivity contribution is 0.00785. The van der Waals surface area contributed by atoms with Crippen molar-refractivity contribution >= 4 is 6.03 Å². The molecule has 6 nitrogen and oxygen atoms in total. The van der Waals surface area contributed by atoms with Gasteiger partial charge in [0.25, 0.3) is 0 Å². The average Bonchev–Trinajstić information content (AvgIpc) is 2.82. The average molecular weight is 282 g/mol. The number of carbonyl (C=O) groups is 1. The van der Waals surface area contributed by atoms with Gasteiger partial charge in [0, 0.05) is 25.4 Å². The van der Waals surface area contributed by atoms with E-state index in [0.29, 0.717) is 0 Å². The van der Waals surface area contributed by atoms with E-state index in [1.807, 2.05) is 34.0 Å². The molecule has 2 amide bonds. The molecule has 114 valence electrons. The van der Waals surface area contributed by atoms with E-state index in [0.717, 1.165) is 12.0 Å². The lowest BCUT2D eigenvalue weighted by Crippen LogP contribution is -2.48. The molecule has 6 heteroatoms. The van der Waals surface area contributed by atoms with E-state index in [1.54, 1.807) is 17.8 Å². The number of carbonyl (C=O) groups excluding carboxylic acids is 1. The maximum absolute atomic E-state index is 11.8. The summed E-state index contributed by atoms with van der Waals surface area (Å²) in [4.78, 5) is 11.8. The van der Waals surface area contributed by atoms with Crippen molar-refractivity contribution in [1.29, 1.82) is 0 Å². The molecule has 0 saturated heterocycles. The molecular formula is C14H26N4O2. The highest BCUT2D eigenvalue weighted by Gasteiger charge is 2.27. The summed E-state index contributed by atoms with van der Waals surface area (Å²) in [6.07, 6.45) is 4.45. The van der Waals surface area contributed by atoms with Gasteiger partial charge in [-0.2, -0.15) is 5.10 Å². The summed E-state index contributed by atoms with van der Waals surface area (Å²) >= 11 is 0. The summed E-state index contributed by atoms with van der Waals surface area (Å²) in [5.41, 5.74) is 0.0419. The molecule has 1 heterocycles. The van der Waals surface area contributed by atoms with E-state index in [2.05, 4.69) is 15.7 Å². The maximum Gasteiger partial charge on any atom is 0.315 e. The number of hydrogen-bond donors (Lipinski definition) is 3. The van der Waals surface area contributed by atoms with Crippen molar-refractivity contribution in [2.24, 2.45) is 13.0 Å². The minimum atomic E-state index is -0.899. The van der Waals surface area contributed by atoms with Crippen LogP contribution in [-0.4, -0.2) is 33.1 Å². The highest BCUT2D eigenvalue weighted by atomic mass is 16.3. The monoisotopic (exact) mass is 282 g/mol. The molecule has 0 radical (unpaired) electrons. The Labute approximate surface area is 120 Å². The molecule has 0 bridgehead atoms. The van der Waals surface area contributed by atoms with Crippen molar-refractivity contribution in [3.63, 3.8) is 0 Å². The zero-order chi connectivity index (χ0) is 15.3. The number of rotatable bonds is 6. The van der Waals surface area contributed by atoms with Crippen LogP contribution in [0.5, 0.6) is 0 Å². The summed E-state index contributed by atoms with van der Waals surface area (Å²) in [6, 6.07) is -0.415. The van der Waals surface area contributed by atoms with Crippen LogP contribution in [0.2, 0.25) is 0 Å². The molecule has 0 fully saturated rings. The second-order valence-electron chi connectivity index (χ2n) is 5.66. The Morgan fingerprint density at radius 1 is 1.55 bits per heavy atom. The first-order valence-electron chi connectivity index (χ1n) is 7.01. The molecule has 0 aliphatic heterocycles. The van der Waals surface area contributed by atoms with Crippen LogP contribution >= 0.6 is 0 Å². The summed E-state index contributed by atoms with van der Waals surface area (Å²) < 4.78 is 1.69. The largest absolute Gasteiger partial charge is 0.388 e. The minimum Gasteiger partial charge on any atom is -0.388 e. The normalized spacial score (nSPS) is 17.1. The molecule has 20 heavy (non-hydrogen) atoms. The summed E-state index contributed by atoms with van der Waals surface area (Å²) in [5, 5.41) is 19.8. The van der Waals surface area contributed by atoms with Crippen LogP contribution in [0.1, 0.15) is 45.7 Å². The smallest absolute Gasteiger partial charge is 0.315 e. The third kappa shape index (κ3) is 4.52. The predicted molar refractivity (Wildman–Crippen MR) is 78.2 cm³/mol. The van der Waals surface area contributed by atoms with Crippen molar-refractivity contribution in [2.75, 3.05) is 6.54 Å². The Morgan fingerprint density at radius 2 is 2.20 bits per heavy atom. The lowest BCUT2D eigenvalue weighted by Gasteiger charge is -2.30. The van der Waals surface area contributed by atoms with Crippen LogP contribution in [0.4, 0.5) is 4.79 Å². The zero-order valence-electron chi connectivity index (χ0n) is 13.0. The quantitative estimate of drug-likeness (QED) is 0.741. The van der Waals surface area contributed by atoms with Crippen molar-refractivity contribution in [1.82, 2.24) is 20.4 Å². The maximum atomic E-state index is 11.8. The van der Waals surface area contributed by atoms with Gasteiger partial charge in [-0.15, -0.1) is 0 Å². The Morgan fingerprint density at radius 3 is 2.70 bits per heavy atom. The van der Waals surface area contributed by atoms with E-state index < -0.39 is 5.60 Å². The van der Waals surface area contributed by atoms with E-state index in [4.69, 9.17) is 0 Å². The number of aryl methyl sites for hydroxylation is 1. The molecular weight excluding hydrogens is 256 g/mol. The van der Waals surface area contributed by atoms with Crippen molar-refractivity contribution in [3.8, 4) is 0 Å². The first-order valence-corrected chi connectivity index (χ1v) is 7.01. The summed E-state index contributed by atoms with van der Waals surface area (Å²) in [5.74, 6) is 0.124. The standard InChI is InChI=1S/C14H26N4O2/c1-6-10(2)14(4,20)9-15-13(19)17-11(3)12-7-16-18(5)8-12/h7-8,10-11,20H,6,9H2,1-5H3,(H2,15,17,19). The number of nitrogens with one attached hydrogen (secondary N) is 2. The Kier molecular flexibility index (Phi) is 5.56. The van der Waals surface area contributed by atoms with E-state index in [-0.39, 0.29) is 24.5 Å². The Balaban J connectivity index is 2.44. The fourth-order valence-electron chi connectivity index (χ4n) is 1.87. The number of urea groups is 1. The van der Waals surface area contributed by atoms with Crippen molar-refractivity contribution in [3.05, 3.63) is 18.0 Å². The summed E-state index contributed by atoms with van der Waals surface area (Å²) in [7, 11) is 1.83. The van der Waals surface area contributed by atoms with Gasteiger partial charge in [-0.1, -0.05) is 20.3 Å². The van der Waals surface area contributed by atoms with Gasteiger partial charge in [0.05, 0.1) is 17.8 Å². The number of aromatic nitrogens is 2. The van der Waals surface area contributed by atoms with Gasteiger partial charge in [-0.3, -0.25) is 4.68 Å². The van der Waals surface area contributed by atoms with Gasteiger partial charge in [0.2, 0.25) is 0 Å². The fourth-order valence-corrected chi connectivity index (χ4v) is 1.87. The number of aliphatic hydroxyl groups is 1. The van der Waals surface area contributed by atoms with Crippen LogP contribution in [0.3, 0.4) is 0 Å². The number of hydrogen-bond acceptors (Lipinski definition) is 3. The van der Waals surface area contributed by atoms with Gasteiger partial charge < -0.3 is 15.7 Å². The minimum absolute atomic E-state index is 0.124. The molecule has 0 aliphatic rings. The van der Waals surface area contributed by atoms with Crippen molar-refractivity contribution < 1.29 is 9.90 Å². The van der Waals surface area contributed by atoms with Gasteiger partial charge >= 0.3 is 6.03 Å². The van der Waals surface area contributed by atoms with Gasteiger partial charge in [0.15, 0.2) is 0 Å². The Hall–Kier alpha value is -1.56. The topological polar surface area (TPSA) is 79.2 Å². The second kappa shape index (κ2) is 6.74. The van der Waals surface area contributed by atoms with Crippen LogP contribution < -0.4 is 10.6 Å². The van der Waals surface area contributed by atoms with Crippen LogP contribution in [0.25, 0.3) is 0 Å². The van der Waals surface area contributed by atoms with Crippen LogP contribution in [0.15, 0.2) is 12.4 Å². The molecule has 1 rings (SSSR count). The van der Waals surface area contributed by atoms with E-state index >= 15 is 0 Å². The predicted octanol–water partition coefficient (Wildman–Crippen LogP) is 1.58. The first kappa shape index (κ1) is 16.5. The van der Waals surface area contributed by atoms with Crippen LogP contribution in [0, 0.1) is 5.92 Å². The highest BCUT2D eigenvalue weighted by molar-refractivity contribution is 5.74. The van der Waals surface area contributed by atoms with Gasteiger partial charge in [-0.05, 0) is 19.8 Å². The zero-order valence-corrected chi connectivity index (χ0v) is 13.0. The number of nitrogens with zero attached hydrogens (tertiary/aromatic N) is 2. The molecule has 0 spiro atoms. The molecule has 0 saturated carbocycles. The van der Waals surface area contributed by atoms with E-state index in [9.17, 15) is 9.90 Å². The first-order chi connectivity index (χ1) is 9.26. The Bertz CT molecular complexity index is 442. The highest BCUT2D eigenvalue weighted by Crippen LogP contribution is 2.18. The molecule has 3 unspecified atom stereocenters. The molecule has 1 aromatic heterocycles. The molecule has 1 aromatic rings. The second-order valence-corrected chi connectivity index (χ2v) is 5.66. The fraction of sp³-hybridized carbons (Fsp3) is 0.714. The summed E-state index contributed by atoms with van der Waals surface area (Å²) in [6.45, 7) is 7.85. The SMILES string of the molecule is CCC(C)C(C)(O)CNC(=O)NC(C)c1cnn(C)c1. The third-order valence-corrected chi connectivity index (χ3v) is 3.85.